The summed E-state index contributed by atoms with van der Waals surface area (Å²) in [5.41, 5.74) is 0. The summed E-state index contributed by atoms with van der Waals surface area (Å²) >= 11 is 0. The van der Waals surface area contributed by atoms with Crippen LogP contribution in [0.5, 0.6) is 0 Å². The van der Waals surface area contributed by atoms with E-state index in [0.717, 1.165) is 12.8 Å². The first-order valence-electron chi connectivity index (χ1n) is 4.41. The van der Waals surface area contributed by atoms with Gasteiger partial charge < -0.3 is 9.47 Å². The van der Waals surface area contributed by atoms with Crippen LogP contribution in [0.3, 0.4) is 0 Å². The van der Waals surface area contributed by atoms with Crippen molar-refractivity contribution in [1.29, 1.82) is 0 Å². The molecule has 0 saturated carbocycles. The van der Waals surface area contributed by atoms with Gasteiger partial charge in [-0.25, -0.2) is 4.79 Å². The van der Waals surface area contributed by atoms with Crippen molar-refractivity contribution in [2.75, 3.05) is 6.61 Å². The Balaban J connectivity index is 0. The van der Waals surface area contributed by atoms with Crippen molar-refractivity contribution in [3.63, 3.8) is 0 Å². The molecule has 0 aromatic rings. The van der Waals surface area contributed by atoms with E-state index in [1.54, 1.807) is 6.92 Å². The van der Waals surface area contributed by atoms with Crippen LogP contribution < -0.4 is 0 Å². The van der Waals surface area contributed by atoms with Gasteiger partial charge >= 0.3 is 11.9 Å². The van der Waals surface area contributed by atoms with Gasteiger partial charge in [0.05, 0.1) is 0 Å². The number of carbonyl (C=O) groups excluding carboxylic acids is 2. The van der Waals surface area contributed by atoms with Crippen molar-refractivity contribution in [3.05, 3.63) is 0 Å². The average molecular weight is 279 g/mol. The summed E-state index contributed by atoms with van der Waals surface area (Å²) in [6.45, 7) is 5.31. The molecule has 0 amide bonds. The van der Waals surface area contributed by atoms with Crippen molar-refractivity contribution in [2.24, 2.45) is 0 Å². The molecule has 0 aromatic heterocycles. The number of unbranched alkanes of at least 4 members (excludes halogenated alkanes) is 1. The molecule has 0 heterocycles. The fourth-order valence-corrected chi connectivity index (χ4v) is 0.697. The number of ether oxygens (including phenoxy) is 2. The van der Waals surface area contributed by atoms with Crippen molar-refractivity contribution < 1.29 is 45.3 Å². The molecule has 0 fully saturated rings. The maximum Gasteiger partial charge on any atom is 0.342 e. The molecule has 1 unspecified atom stereocenters. The topological polar surface area (TPSA) is 52.6 Å². The molecule has 5 heteroatoms. The second-order valence-electron chi connectivity index (χ2n) is 2.78. The molecule has 0 radical (unpaired) electrons. The summed E-state index contributed by atoms with van der Waals surface area (Å²) in [5.74, 6) is -1.22. The van der Waals surface area contributed by atoms with Gasteiger partial charge in [0, 0.05) is 39.7 Å². The molecule has 0 aliphatic carbocycles. The van der Waals surface area contributed by atoms with Gasteiger partial charge in [0.25, 0.3) is 0 Å². The number of hydrogen-bond donors (Lipinski definition) is 0. The van der Waals surface area contributed by atoms with Crippen LogP contribution in [0.15, 0.2) is 0 Å². The second kappa shape index (κ2) is 9.53. The average Bonchev–Trinajstić information content (AvgIpc) is 2.03. The monoisotopic (exact) mass is 278 g/mol. The Labute approximate surface area is 103 Å². The molecule has 0 N–H and O–H groups in total. The van der Waals surface area contributed by atoms with Crippen molar-refractivity contribution in [2.45, 2.75) is 39.7 Å². The maximum absolute atomic E-state index is 11.0. The summed E-state index contributed by atoms with van der Waals surface area (Å²) in [6, 6.07) is 0. The summed E-state index contributed by atoms with van der Waals surface area (Å²) < 4.78 is 9.46. The van der Waals surface area contributed by atoms with Gasteiger partial charge in [-0.2, -0.15) is 0 Å². The molecule has 0 aromatic carbocycles. The molecule has 14 heavy (non-hydrogen) atoms. The Hall–Kier alpha value is -0.0169. The van der Waals surface area contributed by atoms with Crippen LogP contribution in [0.25, 0.3) is 0 Å². The van der Waals surface area contributed by atoms with Gasteiger partial charge in [-0.15, -0.1) is 0 Å². The van der Waals surface area contributed by atoms with Crippen molar-refractivity contribution >= 4 is 11.9 Å². The van der Waals surface area contributed by atoms with Crippen LogP contribution >= 0.6 is 0 Å². The summed E-state index contributed by atoms with van der Waals surface area (Å²) in [5, 5.41) is 0. The smallest absolute Gasteiger partial charge is 0.342 e. The van der Waals surface area contributed by atoms with Crippen LogP contribution in [-0.2, 0) is 45.3 Å². The number of carbonyl (C=O) groups is 2. The molecule has 4 nitrogen and oxygen atoms in total. The molecule has 0 bridgehead atoms. The number of hydrogen-bond acceptors (Lipinski definition) is 4. The first-order valence-corrected chi connectivity index (χ1v) is 4.41. The Kier molecular flexibility index (Phi) is 11.2. The Morgan fingerprint density at radius 3 is 2.36 bits per heavy atom. The predicted molar refractivity (Wildman–Crippen MR) is 47.1 cm³/mol. The van der Waals surface area contributed by atoms with E-state index in [4.69, 9.17) is 4.74 Å². The van der Waals surface area contributed by atoms with E-state index in [9.17, 15) is 9.59 Å². The first kappa shape index (κ1) is 16.4. The molecule has 0 saturated heterocycles. The van der Waals surface area contributed by atoms with Gasteiger partial charge in [0.15, 0.2) is 6.10 Å². The van der Waals surface area contributed by atoms with Crippen molar-refractivity contribution in [1.82, 2.24) is 0 Å². The third-order valence-corrected chi connectivity index (χ3v) is 1.44. The Morgan fingerprint density at radius 1 is 1.36 bits per heavy atom. The second-order valence-corrected chi connectivity index (χ2v) is 2.78. The number of esters is 2. The fraction of sp³-hybridized carbons (Fsp3) is 0.778. The van der Waals surface area contributed by atoms with E-state index in [1.807, 2.05) is 6.92 Å². The van der Waals surface area contributed by atoms with Crippen molar-refractivity contribution in [3.8, 4) is 0 Å². The Morgan fingerprint density at radius 2 is 1.93 bits per heavy atom. The van der Waals surface area contributed by atoms with Gasteiger partial charge in [0.2, 0.25) is 0 Å². The molecule has 0 spiro atoms. The van der Waals surface area contributed by atoms with E-state index in [2.05, 4.69) is 4.74 Å². The van der Waals surface area contributed by atoms with E-state index >= 15 is 0 Å². The molecule has 80 valence electrons. The third-order valence-electron chi connectivity index (χ3n) is 1.44. The Bertz CT molecular complexity index is 182. The van der Waals surface area contributed by atoms with Crippen LogP contribution in [0.1, 0.15) is 33.6 Å². The van der Waals surface area contributed by atoms with Crippen LogP contribution in [-0.4, -0.2) is 24.6 Å². The quantitative estimate of drug-likeness (QED) is 0.432. The molecule has 0 aliphatic heterocycles. The normalized spacial score (nSPS) is 11.4. The van der Waals surface area contributed by atoms with E-state index < -0.39 is 18.0 Å². The van der Waals surface area contributed by atoms with Crippen LogP contribution in [0, 0.1) is 0 Å². The molecule has 0 aliphatic rings. The SMILES string of the molecule is CCCCOC(C)C(=O)OC(C)=O.[Zr]. The summed E-state index contributed by atoms with van der Waals surface area (Å²) in [6.07, 6.45) is 1.25. The van der Waals surface area contributed by atoms with Gasteiger partial charge in [-0.05, 0) is 13.3 Å². The molecule has 1 atom stereocenters. The third kappa shape index (κ3) is 8.58. The van der Waals surface area contributed by atoms with Crippen LogP contribution in [0.4, 0.5) is 0 Å². The molecular formula is C9H16O4Zr. The zero-order chi connectivity index (χ0) is 10.3. The minimum atomic E-state index is -0.657. The first-order chi connectivity index (χ1) is 6.07. The fourth-order valence-electron chi connectivity index (χ4n) is 0.697. The largest absolute Gasteiger partial charge is 0.391 e. The number of rotatable bonds is 5. The minimum Gasteiger partial charge on any atom is -0.391 e. The molecule has 0 rings (SSSR count). The maximum atomic E-state index is 11.0. The zero-order valence-electron chi connectivity index (χ0n) is 8.83. The standard InChI is InChI=1S/C9H16O4.Zr/c1-4-5-6-12-7(2)9(11)13-8(3)10;/h7H,4-6H2,1-3H3;. The van der Waals surface area contributed by atoms with E-state index in [1.165, 1.54) is 6.92 Å². The van der Waals surface area contributed by atoms with E-state index in [0.29, 0.717) is 6.61 Å². The van der Waals surface area contributed by atoms with Gasteiger partial charge in [0.1, 0.15) is 0 Å². The van der Waals surface area contributed by atoms with Crippen LogP contribution in [0.2, 0.25) is 0 Å². The molecular weight excluding hydrogens is 263 g/mol. The summed E-state index contributed by atoms with van der Waals surface area (Å²) in [4.78, 5) is 21.4. The predicted octanol–water partition coefficient (Wildman–Crippen LogP) is 1.28. The van der Waals surface area contributed by atoms with Gasteiger partial charge in [-0.1, -0.05) is 13.3 Å². The van der Waals surface area contributed by atoms with Gasteiger partial charge in [-0.3, -0.25) is 4.79 Å². The summed E-state index contributed by atoms with van der Waals surface area (Å²) in [7, 11) is 0. The minimum absolute atomic E-state index is 0. The van der Waals surface area contributed by atoms with E-state index in [-0.39, 0.29) is 26.2 Å². The zero-order valence-corrected chi connectivity index (χ0v) is 11.3.